The maximum Gasteiger partial charge on any atom is 0.490 e. The zero-order chi connectivity index (χ0) is 11.8. The van der Waals surface area contributed by atoms with Crippen LogP contribution < -0.4 is 5.46 Å². The topological polar surface area (TPSA) is 40.5 Å². The van der Waals surface area contributed by atoms with Crippen LogP contribution in [-0.2, 0) is 6.18 Å². The summed E-state index contributed by atoms with van der Waals surface area (Å²) >= 11 is 5.68. The Kier molecular flexibility index (Phi) is 3.86. The molecular weight excluding hydrogens is 344 g/mol. The highest BCUT2D eigenvalue weighted by Crippen LogP contribution is 2.32. The first-order valence-electron chi connectivity index (χ1n) is 3.65. The molecule has 1 aromatic rings. The average Bonchev–Trinajstić information content (AvgIpc) is 1.99. The second kappa shape index (κ2) is 4.44. The minimum atomic E-state index is -4.47. The number of benzene rings is 1. The van der Waals surface area contributed by atoms with Gasteiger partial charge in [-0.25, -0.2) is 0 Å². The van der Waals surface area contributed by atoms with Crippen molar-refractivity contribution in [3.05, 3.63) is 26.6 Å². The van der Waals surface area contributed by atoms with E-state index in [0.29, 0.717) is 0 Å². The summed E-state index contributed by atoms with van der Waals surface area (Å²) in [7, 11) is -1.84. The van der Waals surface area contributed by atoms with Gasteiger partial charge in [0.2, 0.25) is 0 Å². The van der Waals surface area contributed by atoms with Crippen LogP contribution in [0.5, 0.6) is 0 Å². The lowest BCUT2D eigenvalue weighted by Gasteiger charge is -2.11. The standard InChI is InChI=1S/C7H4BBr2F3O2/c9-4-1-3(7(11,12)13)2-5(10)6(4)8(14)15/h1-2,14-15H. The first-order chi connectivity index (χ1) is 6.73. The predicted octanol–water partition coefficient (Wildman–Crippen LogP) is 1.91. The molecule has 82 valence electrons. The maximum absolute atomic E-state index is 12.3. The van der Waals surface area contributed by atoms with Crippen LogP contribution in [0, 0.1) is 0 Å². The molecule has 0 amide bonds. The van der Waals surface area contributed by atoms with Crippen LogP contribution in [-0.4, -0.2) is 17.2 Å². The number of rotatable bonds is 1. The van der Waals surface area contributed by atoms with Crippen molar-refractivity contribution >= 4 is 44.4 Å². The zero-order valence-corrected chi connectivity index (χ0v) is 10.2. The van der Waals surface area contributed by atoms with Gasteiger partial charge < -0.3 is 10.0 Å². The van der Waals surface area contributed by atoms with Gasteiger partial charge in [-0.2, -0.15) is 13.2 Å². The number of hydrogen-bond acceptors (Lipinski definition) is 2. The minimum Gasteiger partial charge on any atom is -0.423 e. The first kappa shape index (κ1) is 13.0. The molecule has 0 bridgehead atoms. The summed E-state index contributed by atoms with van der Waals surface area (Å²) in [6.07, 6.45) is -4.47. The number of halogens is 5. The summed E-state index contributed by atoms with van der Waals surface area (Å²) in [5.74, 6) is 0. The third-order valence-electron chi connectivity index (χ3n) is 1.66. The summed E-state index contributed by atoms with van der Waals surface area (Å²) < 4.78 is 36.9. The van der Waals surface area contributed by atoms with Crippen LogP contribution in [0.1, 0.15) is 5.56 Å². The van der Waals surface area contributed by atoms with E-state index in [1.165, 1.54) is 0 Å². The second-order valence-corrected chi connectivity index (χ2v) is 4.43. The molecule has 0 aliphatic carbocycles. The van der Waals surface area contributed by atoms with Crippen LogP contribution in [0.4, 0.5) is 13.2 Å². The molecule has 2 nitrogen and oxygen atoms in total. The predicted molar refractivity (Wildman–Crippen MR) is 56.7 cm³/mol. The van der Waals surface area contributed by atoms with E-state index in [0.717, 1.165) is 12.1 Å². The van der Waals surface area contributed by atoms with Gasteiger partial charge >= 0.3 is 13.3 Å². The lowest BCUT2D eigenvalue weighted by Crippen LogP contribution is -2.32. The van der Waals surface area contributed by atoms with Gasteiger partial charge in [-0.1, -0.05) is 31.9 Å². The third kappa shape index (κ3) is 2.96. The fourth-order valence-corrected chi connectivity index (χ4v) is 2.59. The summed E-state index contributed by atoms with van der Waals surface area (Å²) in [6, 6.07) is 1.58. The summed E-state index contributed by atoms with van der Waals surface area (Å²) in [6.45, 7) is 0. The van der Waals surface area contributed by atoms with Crippen molar-refractivity contribution in [1.29, 1.82) is 0 Å². The van der Waals surface area contributed by atoms with Gasteiger partial charge in [0.15, 0.2) is 0 Å². The molecule has 2 N–H and O–H groups in total. The lowest BCUT2D eigenvalue weighted by atomic mass is 9.80. The highest BCUT2D eigenvalue weighted by molar-refractivity contribution is 9.11. The monoisotopic (exact) mass is 346 g/mol. The molecule has 0 heterocycles. The van der Waals surface area contributed by atoms with Crippen molar-refractivity contribution in [3.63, 3.8) is 0 Å². The van der Waals surface area contributed by atoms with Gasteiger partial charge in [0.1, 0.15) is 0 Å². The quantitative estimate of drug-likeness (QED) is 0.762. The van der Waals surface area contributed by atoms with Crippen molar-refractivity contribution in [3.8, 4) is 0 Å². The number of alkyl halides is 3. The van der Waals surface area contributed by atoms with E-state index in [2.05, 4.69) is 31.9 Å². The SMILES string of the molecule is OB(O)c1c(Br)cc(C(F)(F)F)cc1Br. The Bertz CT molecular complexity index is 358. The summed E-state index contributed by atoms with van der Waals surface area (Å²) in [4.78, 5) is 0. The molecule has 1 aromatic carbocycles. The molecule has 0 aliphatic heterocycles. The van der Waals surface area contributed by atoms with Crippen molar-refractivity contribution in [1.82, 2.24) is 0 Å². The van der Waals surface area contributed by atoms with E-state index >= 15 is 0 Å². The van der Waals surface area contributed by atoms with E-state index in [-0.39, 0.29) is 14.4 Å². The molecule has 0 atom stereocenters. The zero-order valence-electron chi connectivity index (χ0n) is 7.02. The van der Waals surface area contributed by atoms with Crippen LogP contribution in [0.15, 0.2) is 21.1 Å². The Hall–Kier alpha value is -0.0451. The Balaban J connectivity index is 3.32. The molecule has 0 saturated carbocycles. The molecule has 0 radical (unpaired) electrons. The smallest absolute Gasteiger partial charge is 0.423 e. The van der Waals surface area contributed by atoms with Gasteiger partial charge in [0.05, 0.1) is 5.56 Å². The minimum absolute atomic E-state index is 0.0146. The molecule has 1 rings (SSSR count). The fourth-order valence-electron chi connectivity index (χ4n) is 0.995. The van der Waals surface area contributed by atoms with Gasteiger partial charge in [0, 0.05) is 14.4 Å². The van der Waals surface area contributed by atoms with E-state index in [4.69, 9.17) is 10.0 Å². The molecular formula is C7H4BBr2F3O2. The largest absolute Gasteiger partial charge is 0.490 e. The van der Waals surface area contributed by atoms with E-state index in [9.17, 15) is 13.2 Å². The Morgan fingerprint density at radius 1 is 1.07 bits per heavy atom. The van der Waals surface area contributed by atoms with Crippen LogP contribution in [0.25, 0.3) is 0 Å². The van der Waals surface area contributed by atoms with Crippen LogP contribution in [0.2, 0.25) is 0 Å². The Morgan fingerprint density at radius 2 is 1.47 bits per heavy atom. The molecule has 8 heteroatoms. The molecule has 0 saturated heterocycles. The van der Waals surface area contributed by atoms with Crippen LogP contribution in [0.3, 0.4) is 0 Å². The van der Waals surface area contributed by atoms with Crippen molar-refractivity contribution < 1.29 is 23.2 Å². The first-order valence-corrected chi connectivity index (χ1v) is 5.24. The van der Waals surface area contributed by atoms with Crippen molar-refractivity contribution in [2.24, 2.45) is 0 Å². The van der Waals surface area contributed by atoms with E-state index in [1.807, 2.05) is 0 Å². The van der Waals surface area contributed by atoms with Crippen LogP contribution >= 0.6 is 31.9 Å². The molecule has 0 aromatic heterocycles. The average molecular weight is 348 g/mol. The Morgan fingerprint density at radius 3 is 1.73 bits per heavy atom. The van der Waals surface area contributed by atoms with Crippen molar-refractivity contribution in [2.75, 3.05) is 0 Å². The second-order valence-electron chi connectivity index (χ2n) is 2.72. The third-order valence-corrected chi connectivity index (χ3v) is 2.98. The van der Waals surface area contributed by atoms with Gasteiger partial charge in [-0.05, 0) is 12.1 Å². The fraction of sp³-hybridized carbons (Fsp3) is 0.143. The molecule has 15 heavy (non-hydrogen) atoms. The number of hydrogen-bond donors (Lipinski definition) is 2. The molecule has 0 aliphatic rings. The van der Waals surface area contributed by atoms with Crippen molar-refractivity contribution in [2.45, 2.75) is 6.18 Å². The van der Waals surface area contributed by atoms with Gasteiger partial charge in [-0.15, -0.1) is 0 Å². The van der Waals surface area contributed by atoms with E-state index in [1.54, 1.807) is 0 Å². The summed E-state index contributed by atoms with van der Waals surface area (Å²) in [5, 5.41) is 17.8. The normalized spacial score (nSPS) is 11.7. The molecule has 0 fully saturated rings. The highest BCUT2D eigenvalue weighted by Gasteiger charge is 2.33. The Labute approximate surface area is 101 Å². The molecule has 0 spiro atoms. The van der Waals surface area contributed by atoms with Gasteiger partial charge in [0.25, 0.3) is 0 Å². The summed E-state index contributed by atoms with van der Waals surface area (Å²) in [5.41, 5.74) is -0.909. The maximum atomic E-state index is 12.3. The lowest BCUT2D eigenvalue weighted by molar-refractivity contribution is -0.137. The van der Waals surface area contributed by atoms with E-state index < -0.39 is 18.9 Å². The van der Waals surface area contributed by atoms with Gasteiger partial charge in [-0.3, -0.25) is 0 Å². The molecule has 0 unspecified atom stereocenters. The highest BCUT2D eigenvalue weighted by atomic mass is 79.9.